The number of carbonyl (C=O) groups is 2. The van der Waals surface area contributed by atoms with Crippen LogP contribution in [0.25, 0.3) is 11.4 Å². The van der Waals surface area contributed by atoms with Gasteiger partial charge < -0.3 is 4.52 Å². The van der Waals surface area contributed by atoms with Gasteiger partial charge in [0.25, 0.3) is 0 Å². The first kappa shape index (κ1) is 15.7. The number of fused-ring (bicyclic) bond motifs is 1. The summed E-state index contributed by atoms with van der Waals surface area (Å²) in [6.45, 7) is 0.410. The van der Waals surface area contributed by atoms with Gasteiger partial charge in [0.2, 0.25) is 23.5 Å². The van der Waals surface area contributed by atoms with Crippen LogP contribution in [0.1, 0.15) is 25.2 Å². The largest absolute Gasteiger partial charge is 0.339 e. The summed E-state index contributed by atoms with van der Waals surface area (Å²) in [6, 6.07) is 9.62. The summed E-state index contributed by atoms with van der Waals surface area (Å²) in [4.78, 5) is 30.6. The minimum atomic E-state index is -0.161. The molecule has 0 bridgehead atoms. The number of aromatic nitrogens is 2. The van der Waals surface area contributed by atoms with Crippen molar-refractivity contribution < 1.29 is 14.1 Å². The molecule has 128 valence electrons. The third-order valence-corrected chi connectivity index (χ3v) is 4.87. The fourth-order valence-corrected chi connectivity index (χ4v) is 3.54. The predicted octanol–water partition coefficient (Wildman–Crippen LogP) is 2.62. The fraction of sp³-hybridized carbons (Fsp3) is 0.368. The second-order valence-corrected chi connectivity index (χ2v) is 6.47. The van der Waals surface area contributed by atoms with Crippen LogP contribution in [0.5, 0.6) is 0 Å². The van der Waals surface area contributed by atoms with Gasteiger partial charge in [-0.3, -0.25) is 14.5 Å². The lowest BCUT2D eigenvalue weighted by Crippen LogP contribution is -2.32. The highest BCUT2D eigenvalue weighted by atomic mass is 16.5. The van der Waals surface area contributed by atoms with E-state index in [2.05, 4.69) is 10.1 Å². The van der Waals surface area contributed by atoms with E-state index in [1.165, 1.54) is 4.90 Å². The Morgan fingerprint density at radius 3 is 2.40 bits per heavy atom. The summed E-state index contributed by atoms with van der Waals surface area (Å²) in [7, 11) is 0. The van der Waals surface area contributed by atoms with Crippen molar-refractivity contribution in [2.24, 2.45) is 11.8 Å². The molecule has 6 nitrogen and oxygen atoms in total. The molecule has 0 unspecified atom stereocenters. The molecular formula is C19H19N3O3. The Morgan fingerprint density at radius 1 is 1.04 bits per heavy atom. The molecule has 1 saturated heterocycles. The second-order valence-electron chi connectivity index (χ2n) is 6.47. The van der Waals surface area contributed by atoms with Gasteiger partial charge in [-0.2, -0.15) is 4.98 Å². The third kappa shape index (κ3) is 2.99. The van der Waals surface area contributed by atoms with Gasteiger partial charge in [-0.1, -0.05) is 47.6 Å². The number of likely N-dealkylation sites (tertiary alicyclic amines) is 1. The molecule has 2 aromatic rings. The van der Waals surface area contributed by atoms with Gasteiger partial charge >= 0.3 is 0 Å². The van der Waals surface area contributed by atoms with E-state index >= 15 is 0 Å². The minimum absolute atomic E-state index is 0.0325. The SMILES string of the molecule is O=C1[C@H]2CC=CC[C@@H]2C(=O)N1CCCc1nc(-c2ccccc2)no1. The molecule has 1 fully saturated rings. The number of carbonyl (C=O) groups excluding carboxylic acids is 2. The first-order valence-electron chi connectivity index (χ1n) is 8.62. The Balaban J connectivity index is 1.35. The number of hydrogen-bond donors (Lipinski definition) is 0. The number of amides is 2. The maximum Gasteiger partial charge on any atom is 0.233 e. The van der Waals surface area contributed by atoms with Gasteiger partial charge in [0.15, 0.2) is 0 Å². The number of allylic oxidation sites excluding steroid dienone is 2. The van der Waals surface area contributed by atoms with Gasteiger partial charge in [0, 0.05) is 18.5 Å². The number of aryl methyl sites for hydroxylation is 1. The van der Waals surface area contributed by atoms with Crippen molar-refractivity contribution in [3.05, 3.63) is 48.4 Å². The van der Waals surface area contributed by atoms with E-state index in [9.17, 15) is 9.59 Å². The lowest BCUT2D eigenvalue weighted by atomic mass is 9.85. The fourth-order valence-electron chi connectivity index (χ4n) is 3.54. The molecule has 6 heteroatoms. The Hall–Kier alpha value is -2.76. The number of hydrogen-bond acceptors (Lipinski definition) is 5. The van der Waals surface area contributed by atoms with Gasteiger partial charge in [-0.15, -0.1) is 0 Å². The molecule has 1 aromatic carbocycles. The van der Waals surface area contributed by atoms with Crippen LogP contribution in [-0.4, -0.2) is 33.4 Å². The molecule has 0 radical (unpaired) electrons. The quantitative estimate of drug-likeness (QED) is 0.619. The first-order chi connectivity index (χ1) is 12.2. The second kappa shape index (κ2) is 6.63. The normalized spacial score (nSPS) is 22.5. The average Bonchev–Trinajstić information content (AvgIpc) is 3.22. The van der Waals surface area contributed by atoms with Gasteiger partial charge in [-0.25, -0.2) is 0 Å². The lowest BCUT2D eigenvalue weighted by Gasteiger charge is -2.14. The van der Waals surface area contributed by atoms with Crippen LogP contribution < -0.4 is 0 Å². The van der Waals surface area contributed by atoms with Crippen molar-refractivity contribution in [2.75, 3.05) is 6.54 Å². The third-order valence-electron chi connectivity index (χ3n) is 4.87. The molecule has 1 aliphatic heterocycles. The van der Waals surface area contributed by atoms with Gasteiger partial charge in [0.1, 0.15) is 0 Å². The molecule has 2 heterocycles. The summed E-state index contributed by atoms with van der Waals surface area (Å²) in [5, 5.41) is 3.98. The Labute approximate surface area is 145 Å². The summed E-state index contributed by atoms with van der Waals surface area (Å²) in [5.74, 6) is 0.693. The number of benzene rings is 1. The molecule has 0 N–H and O–H groups in total. The highest BCUT2D eigenvalue weighted by molar-refractivity contribution is 6.05. The predicted molar refractivity (Wildman–Crippen MR) is 90.1 cm³/mol. The zero-order valence-corrected chi connectivity index (χ0v) is 13.8. The number of imide groups is 1. The molecular weight excluding hydrogens is 318 g/mol. The smallest absolute Gasteiger partial charge is 0.233 e. The van der Waals surface area contributed by atoms with Crippen LogP contribution >= 0.6 is 0 Å². The summed E-state index contributed by atoms with van der Waals surface area (Å²) >= 11 is 0. The van der Waals surface area contributed by atoms with Crippen molar-refractivity contribution in [3.63, 3.8) is 0 Å². The van der Waals surface area contributed by atoms with E-state index in [4.69, 9.17) is 4.52 Å². The standard InChI is InChI=1S/C19H19N3O3/c23-18-14-9-4-5-10-15(14)19(24)22(18)12-6-11-16-20-17(21-25-16)13-7-2-1-3-8-13/h1-5,7-8,14-15H,6,9-12H2/t14-,15-/m0/s1. The highest BCUT2D eigenvalue weighted by Gasteiger charge is 2.46. The maximum absolute atomic E-state index is 12.4. The van der Waals surface area contributed by atoms with Crippen LogP contribution in [0.2, 0.25) is 0 Å². The first-order valence-corrected chi connectivity index (χ1v) is 8.62. The minimum Gasteiger partial charge on any atom is -0.339 e. The van der Waals surface area contributed by atoms with Crippen LogP contribution in [0.15, 0.2) is 47.0 Å². The van der Waals surface area contributed by atoms with Crippen molar-refractivity contribution in [1.82, 2.24) is 15.0 Å². The van der Waals surface area contributed by atoms with Crippen LogP contribution in [0, 0.1) is 11.8 Å². The summed E-state index contributed by atoms with van der Waals surface area (Å²) in [6.07, 6.45) is 6.52. The highest BCUT2D eigenvalue weighted by Crippen LogP contribution is 2.35. The molecule has 4 rings (SSSR count). The molecule has 1 aromatic heterocycles. The lowest BCUT2D eigenvalue weighted by molar-refractivity contribution is -0.139. The monoisotopic (exact) mass is 337 g/mol. The molecule has 2 aliphatic rings. The van der Waals surface area contributed by atoms with E-state index in [1.54, 1.807) is 0 Å². The molecule has 2 atom stereocenters. The van der Waals surface area contributed by atoms with Crippen LogP contribution in [0.3, 0.4) is 0 Å². The Kier molecular flexibility index (Phi) is 4.17. The van der Waals surface area contributed by atoms with Crippen LogP contribution in [0.4, 0.5) is 0 Å². The van der Waals surface area contributed by atoms with E-state index in [-0.39, 0.29) is 23.7 Å². The van der Waals surface area contributed by atoms with Gasteiger partial charge in [0.05, 0.1) is 11.8 Å². The number of nitrogens with zero attached hydrogens (tertiary/aromatic N) is 3. The number of rotatable bonds is 5. The Morgan fingerprint density at radius 2 is 1.72 bits per heavy atom. The van der Waals surface area contributed by atoms with E-state index in [0.717, 1.165) is 5.56 Å². The van der Waals surface area contributed by atoms with Crippen molar-refractivity contribution in [1.29, 1.82) is 0 Å². The van der Waals surface area contributed by atoms with E-state index in [0.29, 0.717) is 43.9 Å². The molecule has 25 heavy (non-hydrogen) atoms. The van der Waals surface area contributed by atoms with Gasteiger partial charge in [-0.05, 0) is 19.3 Å². The zero-order valence-electron chi connectivity index (χ0n) is 13.8. The molecule has 0 spiro atoms. The summed E-state index contributed by atoms with van der Waals surface area (Å²) in [5.41, 5.74) is 0.902. The Bertz CT molecular complexity index is 786. The van der Waals surface area contributed by atoms with Crippen molar-refractivity contribution in [2.45, 2.75) is 25.7 Å². The van der Waals surface area contributed by atoms with Crippen molar-refractivity contribution >= 4 is 11.8 Å². The zero-order chi connectivity index (χ0) is 17.2. The van der Waals surface area contributed by atoms with Crippen LogP contribution in [-0.2, 0) is 16.0 Å². The van der Waals surface area contributed by atoms with E-state index < -0.39 is 0 Å². The molecule has 2 amide bonds. The summed E-state index contributed by atoms with van der Waals surface area (Å²) < 4.78 is 5.27. The topological polar surface area (TPSA) is 76.3 Å². The molecule has 0 saturated carbocycles. The van der Waals surface area contributed by atoms with Crippen molar-refractivity contribution in [3.8, 4) is 11.4 Å². The maximum atomic E-state index is 12.4. The molecule has 1 aliphatic carbocycles. The average molecular weight is 337 g/mol. The van der Waals surface area contributed by atoms with E-state index in [1.807, 2.05) is 42.5 Å².